The first kappa shape index (κ1) is 13.2. The molecular weight excluding hydrogens is 234 g/mol. The SMILES string of the molecule is COC(=O)[C@]12CC[C@H]1CN(C(=O)OC(C)(C)C)C2. The Labute approximate surface area is 107 Å². The van der Waals surface area contributed by atoms with E-state index in [1.807, 2.05) is 20.8 Å². The molecule has 1 saturated heterocycles. The van der Waals surface area contributed by atoms with Gasteiger partial charge >= 0.3 is 12.1 Å². The molecule has 2 rings (SSSR count). The molecule has 0 radical (unpaired) electrons. The van der Waals surface area contributed by atoms with Crippen LogP contribution in [0.1, 0.15) is 33.6 Å². The van der Waals surface area contributed by atoms with Crippen LogP contribution in [0.3, 0.4) is 0 Å². The maximum atomic E-state index is 12.0. The molecule has 18 heavy (non-hydrogen) atoms. The van der Waals surface area contributed by atoms with Gasteiger partial charge in [-0.05, 0) is 39.5 Å². The first-order valence-electron chi connectivity index (χ1n) is 6.35. The molecule has 0 N–H and O–H groups in total. The monoisotopic (exact) mass is 255 g/mol. The zero-order valence-electron chi connectivity index (χ0n) is 11.5. The van der Waals surface area contributed by atoms with Crippen molar-refractivity contribution in [3.63, 3.8) is 0 Å². The quantitative estimate of drug-likeness (QED) is 0.670. The normalized spacial score (nSPS) is 30.4. The Morgan fingerprint density at radius 3 is 2.44 bits per heavy atom. The van der Waals surface area contributed by atoms with E-state index in [4.69, 9.17) is 9.47 Å². The summed E-state index contributed by atoms with van der Waals surface area (Å²) in [6.07, 6.45) is 1.46. The van der Waals surface area contributed by atoms with Crippen molar-refractivity contribution in [2.45, 2.75) is 39.2 Å². The van der Waals surface area contributed by atoms with Gasteiger partial charge < -0.3 is 14.4 Å². The molecular formula is C13H21NO4. The van der Waals surface area contributed by atoms with E-state index in [1.165, 1.54) is 7.11 Å². The lowest BCUT2D eigenvalue weighted by Gasteiger charge is -2.40. The Morgan fingerprint density at radius 1 is 1.33 bits per heavy atom. The molecule has 2 aliphatic rings. The number of carbonyl (C=O) groups is 2. The molecule has 0 aromatic rings. The second-order valence-corrected chi connectivity index (χ2v) is 6.24. The Bertz CT molecular complexity index is 374. The highest BCUT2D eigenvalue weighted by molar-refractivity contribution is 5.81. The molecule has 2 fully saturated rings. The van der Waals surface area contributed by atoms with E-state index in [9.17, 15) is 9.59 Å². The van der Waals surface area contributed by atoms with Crippen LogP contribution in [-0.4, -0.2) is 42.8 Å². The Kier molecular flexibility index (Phi) is 3.03. The molecule has 1 saturated carbocycles. The maximum absolute atomic E-state index is 12.0. The molecule has 1 aliphatic carbocycles. The van der Waals surface area contributed by atoms with Crippen molar-refractivity contribution in [1.29, 1.82) is 0 Å². The minimum Gasteiger partial charge on any atom is -0.469 e. The van der Waals surface area contributed by atoms with Gasteiger partial charge in [-0.25, -0.2) is 4.79 Å². The van der Waals surface area contributed by atoms with E-state index < -0.39 is 11.0 Å². The summed E-state index contributed by atoms with van der Waals surface area (Å²) < 4.78 is 10.2. The largest absolute Gasteiger partial charge is 0.469 e. The lowest BCUT2D eigenvalue weighted by atomic mass is 9.62. The molecule has 5 heteroatoms. The minimum absolute atomic E-state index is 0.190. The third-order valence-corrected chi connectivity index (χ3v) is 3.88. The molecule has 0 spiro atoms. The number of esters is 1. The summed E-state index contributed by atoms with van der Waals surface area (Å²) in [5.41, 5.74) is -0.969. The average molecular weight is 255 g/mol. The number of rotatable bonds is 1. The lowest BCUT2D eigenvalue weighted by molar-refractivity contribution is -0.160. The first-order valence-corrected chi connectivity index (χ1v) is 6.35. The van der Waals surface area contributed by atoms with Crippen LogP contribution in [0.2, 0.25) is 0 Å². The van der Waals surface area contributed by atoms with Gasteiger partial charge in [-0.1, -0.05) is 0 Å². The Hall–Kier alpha value is -1.26. The average Bonchev–Trinajstić information content (AvgIpc) is 2.49. The summed E-state index contributed by atoms with van der Waals surface area (Å²) >= 11 is 0. The standard InChI is InChI=1S/C13H21NO4/c1-12(2,3)18-11(16)14-7-9-5-6-13(9,8-14)10(15)17-4/h9H,5-8H2,1-4H3/t9-,13-/m0/s1. The Morgan fingerprint density at radius 2 is 2.00 bits per heavy atom. The van der Waals surface area contributed by atoms with Gasteiger partial charge in [-0.2, -0.15) is 0 Å². The van der Waals surface area contributed by atoms with Crippen molar-refractivity contribution >= 4 is 12.1 Å². The number of likely N-dealkylation sites (tertiary alicyclic amines) is 1. The number of fused-ring (bicyclic) bond motifs is 1. The van der Waals surface area contributed by atoms with Gasteiger partial charge in [0.2, 0.25) is 0 Å². The Balaban J connectivity index is 2.03. The number of carbonyl (C=O) groups excluding carboxylic acids is 2. The van der Waals surface area contributed by atoms with Crippen LogP contribution < -0.4 is 0 Å². The summed E-state index contributed by atoms with van der Waals surface area (Å²) in [4.78, 5) is 25.5. The highest BCUT2D eigenvalue weighted by Gasteiger charge is 2.60. The summed E-state index contributed by atoms with van der Waals surface area (Å²) in [7, 11) is 1.41. The zero-order chi connectivity index (χ0) is 13.6. The molecule has 0 unspecified atom stereocenters. The lowest BCUT2D eigenvalue weighted by Crippen LogP contribution is -2.47. The van der Waals surface area contributed by atoms with Crippen molar-refractivity contribution in [2.24, 2.45) is 11.3 Å². The number of hydrogen-bond acceptors (Lipinski definition) is 4. The predicted octanol–water partition coefficient (Wildman–Crippen LogP) is 1.81. The van der Waals surface area contributed by atoms with Crippen LogP contribution in [0.25, 0.3) is 0 Å². The number of nitrogens with zero attached hydrogens (tertiary/aromatic N) is 1. The number of amides is 1. The van der Waals surface area contributed by atoms with Crippen molar-refractivity contribution < 1.29 is 19.1 Å². The van der Waals surface area contributed by atoms with Gasteiger partial charge in [0.1, 0.15) is 5.60 Å². The molecule has 0 aromatic heterocycles. The highest BCUT2D eigenvalue weighted by atomic mass is 16.6. The van der Waals surface area contributed by atoms with Gasteiger partial charge in [0.25, 0.3) is 0 Å². The van der Waals surface area contributed by atoms with Crippen LogP contribution in [0, 0.1) is 11.3 Å². The molecule has 0 aromatic carbocycles. The third kappa shape index (κ3) is 2.06. The van der Waals surface area contributed by atoms with E-state index in [2.05, 4.69) is 0 Å². The smallest absolute Gasteiger partial charge is 0.410 e. The van der Waals surface area contributed by atoms with Crippen LogP contribution >= 0.6 is 0 Å². The molecule has 5 nitrogen and oxygen atoms in total. The van der Waals surface area contributed by atoms with Gasteiger partial charge in [0.05, 0.1) is 12.5 Å². The first-order chi connectivity index (χ1) is 8.28. The van der Waals surface area contributed by atoms with Crippen molar-refractivity contribution in [2.75, 3.05) is 20.2 Å². The number of methoxy groups -OCH3 is 1. The van der Waals surface area contributed by atoms with Crippen LogP contribution in [-0.2, 0) is 14.3 Å². The molecule has 1 heterocycles. The summed E-state index contributed by atoms with van der Waals surface area (Å²) in [5, 5.41) is 0. The van der Waals surface area contributed by atoms with Crippen molar-refractivity contribution in [3.8, 4) is 0 Å². The minimum atomic E-state index is -0.503. The van der Waals surface area contributed by atoms with Crippen LogP contribution in [0.15, 0.2) is 0 Å². The van der Waals surface area contributed by atoms with Crippen molar-refractivity contribution in [3.05, 3.63) is 0 Å². The van der Waals surface area contributed by atoms with E-state index in [-0.39, 0.29) is 18.0 Å². The number of hydrogen-bond donors (Lipinski definition) is 0. The highest BCUT2D eigenvalue weighted by Crippen LogP contribution is 2.52. The molecule has 2 atom stereocenters. The van der Waals surface area contributed by atoms with Gasteiger partial charge in [-0.3, -0.25) is 4.79 Å². The topological polar surface area (TPSA) is 55.8 Å². The third-order valence-electron chi connectivity index (χ3n) is 3.88. The van der Waals surface area contributed by atoms with Gasteiger partial charge in [0.15, 0.2) is 0 Å². The second kappa shape index (κ2) is 4.14. The molecule has 1 aliphatic heterocycles. The van der Waals surface area contributed by atoms with Crippen LogP contribution in [0.5, 0.6) is 0 Å². The van der Waals surface area contributed by atoms with Gasteiger partial charge in [-0.15, -0.1) is 0 Å². The zero-order valence-corrected chi connectivity index (χ0v) is 11.5. The van der Waals surface area contributed by atoms with E-state index in [1.54, 1.807) is 4.90 Å². The summed E-state index contributed by atoms with van der Waals surface area (Å²) in [6, 6.07) is 0. The van der Waals surface area contributed by atoms with E-state index in [0.717, 1.165) is 12.8 Å². The maximum Gasteiger partial charge on any atom is 0.410 e. The second-order valence-electron chi connectivity index (χ2n) is 6.24. The van der Waals surface area contributed by atoms with Crippen molar-refractivity contribution in [1.82, 2.24) is 4.90 Å². The molecule has 102 valence electrons. The van der Waals surface area contributed by atoms with Gasteiger partial charge in [0, 0.05) is 13.1 Å². The van der Waals surface area contributed by atoms with Crippen LogP contribution in [0.4, 0.5) is 4.79 Å². The molecule has 0 bridgehead atoms. The fourth-order valence-electron chi connectivity index (χ4n) is 2.84. The fourth-order valence-corrected chi connectivity index (χ4v) is 2.84. The van der Waals surface area contributed by atoms with E-state index >= 15 is 0 Å². The summed E-state index contributed by atoms with van der Waals surface area (Å²) in [5.74, 6) is 0.0438. The molecule has 1 amide bonds. The predicted molar refractivity (Wildman–Crippen MR) is 65.0 cm³/mol. The van der Waals surface area contributed by atoms with E-state index in [0.29, 0.717) is 13.1 Å². The fraction of sp³-hybridized carbons (Fsp3) is 0.846. The summed E-state index contributed by atoms with van der Waals surface area (Å²) in [6.45, 7) is 6.55. The number of ether oxygens (including phenoxy) is 2.